The second-order valence-corrected chi connectivity index (χ2v) is 7.07. The summed E-state index contributed by atoms with van der Waals surface area (Å²) in [5.74, 6) is 1.82. The van der Waals surface area contributed by atoms with Gasteiger partial charge >= 0.3 is 0 Å². The van der Waals surface area contributed by atoms with Gasteiger partial charge in [-0.1, -0.05) is 6.42 Å². The standard InChI is InChI=1S/C16H26N4S/c1-17-16(19-11-13-3-2-4-13)18-7-9-20-8-5-15-14(12-20)6-10-21-15/h6,10,13H,2-5,7-9,11-12H2,1H3,(H2,17,18,19). The third kappa shape index (κ3) is 3.98. The number of fused-ring (bicyclic) bond motifs is 1. The number of rotatable bonds is 5. The van der Waals surface area contributed by atoms with Gasteiger partial charge in [-0.3, -0.25) is 9.89 Å². The fourth-order valence-electron chi connectivity index (χ4n) is 2.99. The van der Waals surface area contributed by atoms with E-state index in [1.165, 1.54) is 37.8 Å². The number of nitrogens with one attached hydrogen (secondary N) is 2. The highest BCUT2D eigenvalue weighted by atomic mass is 32.1. The molecule has 0 atom stereocenters. The van der Waals surface area contributed by atoms with Crippen LogP contribution < -0.4 is 10.6 Å². The quantitative estimate of drug-likeness (QED) is 0.646. The van der Waals surface area contributed by atoms with Crippen LogP contribution in [-0.2, 0) is 13.0 Å². The minimum atomic E-state index is 0.864. The van der Waals surface area contributed by atoms with Crippen molar-refractivity contribution in [2.45, 2.75) is 32.2 Å². The average molecular weight is 306 g/mol. The second kappa shape index (κ2) is 7.27. The summed E-state index contributed by atoms with van der Waals surface area (Å²) in [7, 11) is 1.86. The van der Waals surface area contributed by atoms with Crippen LogP contribution in [0.2, 0.25) is 0 Å². The van der Waals surface area contributed by atoms with Crippen LogP contribution in [-0.4, -0.2) is 44.1 Å². The molecule has 1 aromatic heterocycles. The van der Waals surface area contributed by atoms with Crippen LogP contribution in [0.25, 0.3) is 0 Å². The van der Waals surface area contributed by atoms with Gasteiger partial charge in [-0.05, 0) is 42.2 Å². The van der Waals surface area contributed by atoms with Crippen molar-refractivity contribution in [3.63, 3.8) is 0 Å². The number of aliphatic imine (C=N–C) groups is 1. The Balaban J connectivity index is 1.35. The maximum absolute atomic E-state index is 4.31. The van der Waals surface area contributed by atoms with E-state index >= 15 is 0 Å². The van der Waals surface area contributed by atoms with Crippen molar-refractivity contribution in [3.05, 3.63) is 21.9 Å². The van der Waals surface area contributed by atoms with Gasteiger partial charge in [-0.15, -0.1) is 11.3 Å². The SMILES string of the molecule is CN=C(NCCN1CCc2sccc2C1)NCC1CCC1. The van der Waals surface area contributed by atoms with Crippen LogP contribution >= 0.6 is 11.3 Å². The predicted octanol–water partition coefficient (Wildman–Crippen LogP) is 2.07. The first-order valence-electron chi connectivity index (χ1n) is 8.07. The summed E-state index contributed by atoms with van der Waals surface area (Å²) in [5, 5.41) is 9.10. The van der Waals surface area contributed by atoms with Gasteiger partial charge < -0.3 is 10.6 Å². The molecule has 0 amide bonds. The second-order valence-electron chi connectivity index (χ2n) is 6.07. The van der Waals surface area contributed by atoms with Gasteiger partial charge in [0.05, 0.1) is 0 Å². The Morgan fingerprint density at radius 3 is 3.10 bits per heavy atom. The fourth-order valence-corrected chi connectivity index (χ4v) is 3.88. The molecular formula is C16H26N4S. The largest absolute Gasteiger partial charge is 0.356 e. The maximum Gasteiger partial charge on any atom is 0.191 e. The molecular weight excluding hydrogens is 280 g/mol. The van der Waals surface area contributed by atoms with Gasteiger partial charge in [0.25, 0.3) is 0 Å². The molecule has 21 heavy (non-hydrogen) atoms. The molecule has 116 valence electrons. The number of thiophene rings is 1. The molecule has 1 aromatic rings. The normalized spacial score (nSPS) is 20.0. The molecule has 0 spiro atoms. The Bertz CT molecular complexity index is 478. The Labute approximate surface area is 131 Å². The molecule has 0 unspecified atom stereocenters. The lowest BCUT2D eigenvalue weighted by molar-refractivity contribution is 0.259. The molecule has 1 aliphatic heterocycles. The van der Waals surface area contributed by atoms with Crippen molar-refractivity contribution in [2.75, 3.05) is 33.2 Å². The molecule has 1 fully saturated rings. The Kier molecular flexibility index (Phi) is 5.14. The predicted molar refractivity (Wildman–Crippen MR) is 90.0 cm³/mol. The lowest BCUT2D eigenvalue weighted by atomic mass is 9.85. The van der Waals surface area contributed by atoms with E-state index < -0.39 is 0 Å². The summed E-state index contributed by atoms with van der Waals surface area (Å²) < 4.78 is 0. The van der Waals surface area contributed by atoms with Gasteiger partial charge in [0, 0.05) is 44.6 Å². The molecule has 1 saturated carbocycles. The first kappa shape index (κ1) is 14.9. The monoisotopic (exact) mass is 306 g/mol. The molecule has 0 radical (unpaired) electrons. The van der Waals surface area contributed by atoms with E-state index in [1.54, 1.807) is 4.88 Å². The first-order valence-corrected chi connectivity index (χ1v) is 8.95. The van der Waals surface area contributed by atoms with Crippen LogP contribution in [0.1, 0.15) is 29.7 Å². The molecule has 5 heteroatoms. The zero-order valence-corrected chi connectivity index (χ0v) is 13.7. The van der Waals surface area contributed by atoms with Crippen LogP contribution in [0.15, 0.2) is 16.4 Å². The molecule has 2 aliphatic rings. The molecule has 0 saturated heterocycles. The molecule has 0 bridgehead atoms. The Morgan fingerprint density at radius 1 is 1.43 bits per heavy atom. The zero-order valence-electron chi connectivity index (χ0n) is 12.9. The van der Waals surface area contributed by atoms with Gasteiger partial charge in [-0.25, -0.2) is 0 Å². The molecule has 3 rings (SSSR count). The fraction of sp³-hybridized carbons (Fsp3) is 0.688. The van der Waals surface area contributed by atoms with E-state index in [2.05, 4.69) is 32.0 Å². The highest BCUT2D eigenvalue weighted by Gasteiger charge is 2.18. The molecule has 0 aromatic carbocycles. The molecule has 4 nitrogen and oxygen atoms in total. The average Bonchev–Trinajstić information content (AvgIpc) is 2.91. The number of hydrogen-bond donors (Lipinski definition) is 2. The van der Waals surface area contributed by atoms with Crippen molar-refractivity contribution < 1.29 is 0 Å². The van der Waals surface area contributed by atoms with E-state index in [-0.39, 0.29) is 0 Å². The number of hydrogen-bond acceptors (Lipinski definition) is 3. The summed E-state index contributed by atoms with van der Waals surface area (Å²) in [6, 6.07) is 2.28. The maximum atomic E-state index is 4.31. The summed E-state index contributed by atoms with van der Waals surface area (Å²) in [5.41, 5.74) is 1.53. The smallest absolute Gasteiger partial charge is 0.191 e. The van der Waals surface area contributed by atoms with E-state index in [9.17, 15) is 0 Å². The molecule has 2 heterocycles. The van der Waals surface area contributed by atoms with Crippen LogP contribution in [0, 0.1) is 5.92 Å². The topological polar surface area (TPSA) is 39.7 Å². The van der Waals surface area contributed by atoms with E-state index in [4.69, 9.17) is 0 Å². The van der Waals surface area contributed by atoms with Gasteiger partial charge in [0.15, 0.2) is 5.96 Å². The highest BCUT2D eigenvalue weighted by molar-refractivity contribution is 7.10. The van der Waals surface area contributed by atoms with Crippen molar-refractivity contribution in [3.8, 4) is 0 Å². The van der Waals surface area contributed by atoms with Crippen LogP contribution in [0.3, 0.4) is 0 Å². The van der Waals surface area contributed by atoms with E-state index in [0.29, 0.717) is 0 Å². The van der Waals surface area contributed by atoms with Gasteiger partial charge in [0.1, 0.15) is 0 Å². The Hall–Kier alpha value is -1.07. The lowest BCUT2D eigenvalue weighted by Gasteiger charge is -2.28. The molecule has 1 aliphatic carbocycles. The highest BCUT2D eigenvalue weighted by Crippen LogP contribution is 2.25. The number of guanidine groups is 1. The van der Waals surface area contributed by atoms with Gasteiger partial charge in [-0.2, -0.15) is 0 Å². The zero-order chi connectivity index (χ0) is 14.5. The lowest BCUT2D eigenvalue weighted by Crippen LogP contribution is -2.44. The summed E-state index contributed by atoms with van der Waals surface area (Å²) >= 11 is 1.91. The van der Waals surface area contributed by atoms with Crippen LogP contribution in [0.5, 0.6) is 0 Å². The van der Waals surface area contributed by atoms with Crippen molar-refractivity contribution in [2.24, 2.45) is 10.9 Å². The third-order valence-corrected chi connectivity index (χ3v) is 5.64. The summed E-state index contributed by atoms with van der Waals surface area (Å²) in [6.45, 7) is 5.41. The van der Waals surface area contributed by atoms with Crippen molar-refractivity contribution in [1.29, 1.82) is 0 Å². The van der Waals surface area contributed by atoms with E-state index in [0.717, 1.165) is 38.1 Å². The van der Waals surface area contributed by atoms with E-state index in [1.807, 2.05) is 18.4 Å². The summed E-state index contributed by atoms with van der Waals surface area (Å²) in [6.07, 6.45) is 5.36. The van der Waals surface area contributed by atoms with Crippen molar-refractivity contribution >= 4 is 17.3 Å². The minimum Gasteiger partial charge on any atom is -0.356 e. The molecule has 2 N–H and O–H groups in total. The number of nitrogens with zero attached hydrogens (tertiary/aromatic N) is 2. The first-order chi connectivity index (χ1) is 10.3. The third-order valence-electron chi connectivity index (χ3n) is 4.61. The van der Waals surface area contributed by atoms with Crippen molar-refractivity contribution in [1.82, 2.24) is 15.5 Å². The van der Waals surface area contributed by atoms with Gasteiger partial charge in [0.2, 0.25) is 0 Å². The Morgan fingerprint density at radius 2 is 2.33 bits per heavy atom. The van der Waals surface area contributed by atoms with Crippen LogP contribution in [0.4, 0.5) is 0 Å². The minimum absolute atomic E-state index is 0.864. The summed E-state index contributed by atoms with van der Waals surface area (Å²) in [4.78, 5) is 8.42.